The third kappa shape index (κ3) is 6.42. The fourth-order valence-electron chi connectivity index (χ4n) is 2.94. The minimum absolute atomic E-state index is 0.118. The quantitative estimate of drug-likeness (QED) is 0.805. The average Bonchev–Trinajstić information content (AvgIpc) is 2.33. The van der Waals surface area contributed by atoms with E-state index in [4.69, 9.17) is 5.73 Å². The fourth-order valence-corrected chi connectivity index (χ4v) is 2.94. The number of hydrogen-bond donors (Lipinski definition) is 2. The van der Waals surface area contributed by atoms with Crippen LogP contribution < -0.4 is 11.1 Å². The smallest absolute Gasteiger partial charge is 0.220 e. The van der Waals surface area contributed by atoms with Crippen molar-refractivity contribution in [2.45, 2.75) is 72.3 Å². The van der Waals surface area contributed by atoms with Gasteiger partial charge in [0.05, 0.1) is 0 Å². The molecule has 1 atom stereocenters. The number of carbonyl (C=O) groups is 1. The van der Waals surface area contributed by atoms with Gasteiger partial charge in [-0.2, -0.15) is 0 Å². The van der Waals surface area contributed by atoms with Gasteiger partial charge in [-0.1, -0.05) is 20.8 Å². The third-order valence-electron chi connectivity index (χ3n) is 4.49. The van der Waals surface area contributed by atoms with Gasteiger partial charge in [0, 0.05) is 19.0 Å². The molecular weight excluding hydrogens is 236 g/mol. The summed E-state index contributed by atoms with van der Waals surface area (Å²) in [5, 5.41) is 3.07. The van der Waals surface area contributed by atoms with Crippen LogP contribution in [0.3, 0.4) is 0 Å². The summed E-state index contributed by atoms with van der Waals surface area (Å²) in [5.41, 5.74) is 6.09. The van der Waals surface area contributed by atoms with Gasteiger partial charge in [-0.3, -0.25) is 4.79 Å². The lowest BCUT2D eigenvalue weighted by Crippen LogP contribution is -2.33. The van der Waals surface area contributed by atoms with E-state index in [9.17, 15) is 4.79 Å². The van der Waals surface area contributed by atoms with Crippen LogP contribution in [0.5, 0.6) is 0 Å². The number of amides is 1. The van der Waals surface area contributed by atoms with E-state index in [0.29, 0.717) is 17.8 Å². The monoisotopic (exact) mass is 268 g/mol. The highest BCUT2D eigenvalue weighted by atomic mass is 16.1. The van der Waals surface area contributed by atoms with Gasteiger partial charge in [0.15, 0.2) is 0 Å². The first-order valence-corrected chi connectivity index (χ1v) is 7.81. The molecule has 0 radical (unpaired) electrons. The summed E-state index contributed by atoms with van der Waals surface area (Å²) in [7, 11) is 0. The van der Waals surface area contributed by atoms with Gasteiger partial charge < -0.3 is 11.1 Å². The van der Waals surface area contributed by atoms with Gasteiger partial charge in [-0.15, -0.1) is 0 Å². The molecule has 0 aromatic heterocycles. The molecule has 19 heavy (non-hydrogen) atoms. The average molecular weight is 268 g/mol. The van der Waals surface area contributed by atoms with Crippen LogP contribution in [0.15, 0.2) is 0 Å². The Morgan fingerprint density at radius 3 is 2.32 bits per heavy atom. The molecular formula is C16H32N2O. The van der Waals surface area contributed by atoms with E-state index < -0.39 is 0 Å². The summed E-state index contributed by atoms with van der Waals surface area (Å²) < 4.78 is 0. The third-order valence-corrected chi connectivity index (χ3v) is 4.49. The van der Waals surface area contributed by atoms with E-state index in [1.165, 1.54) is 25.7 Å². The zero-order valence-corrected chi connectivity index (χ0v) is 13.2. The van der Waals surface area contributed by atoms with Crippen LogP contribution in [0.4, 0.5) is 0 Å². The highest BCUT2D eigenvalue weighted by Gasteiger charge is 2.29. The summed E-state index contributed by atoms with van der Waals surface area (Å²) >= 11 is 0. The Labute approximate surface area is 118 Å². The zero-order chi connectivity index (χ0) is 14.5. The van der Waals surface area contributed by atoms with Crippen LogP contribution in [0.2, 0.25) is 0 Å². The van der Waals surface area contributed by atoms with E-state index in [0.717, 1.165) is 18.9 Å². The number of nitrogens with two attached hydrogens (primary N) is 1. The standard InChI is InChI=1S/C16H32N2O/c1-12(17)5-10-15(19)18-11-13-6-8-14(9-7-13)16(2,3)4/h12-14H,5-11,17H2,1-4H3,(H,18,19). The van der Waals surface area contributed by atoms with Crippen molar-refractivity contribution in [2.24, 2.45) is 23.0 Å². The first-order valence-electron chi connectivity index (χ1n) is 7.81. The van der Waals surface area contributed by atoms with Gasteiger partial charge in [0.1, 0.15) is 0 Å². The van der Waals surface area contributed by atoms with Crippen LogP contribution in [0.25, 0.3) is 0 Å². The summed E-state index contributed by atoms with van der Waals surface area (Å²) in [6.07, 6.45) is 6.48. The molecule has 1 aliphatic rings. The molecule has 0 bridgehead atoms. The number of carbonyl (C=O) groups excluding carboxylic acids is 1. The Morgan fingerprint density at radius 2 is 1.84 bits per heavy atom. The van der Waals surface area contributed by atoms with Crippen molar-refractivity contribution in [3.05, 3.63) is 0 Å². The summed E-state index contributed by atoms with van der Waals surface area (Å²) in [4.78, 5) is 11.6. The lowest BCUT2D eigenvalue weighted by atomic mass is 9.70. The Morgan fingerprint density at radius 1 is 1.26 bits per heavy atom. The second-order valence-electron chi connectivity index (χ2n) is 7.40. The molecule has 1 aliphatic carbocycles. The van der Waals surface area contributed by atoms with E-state index in [2.05, 4.69) is 26.1 Å². The predicted octanol–water partition coefficient (Wildman–Crippen LogP) is 3.08. The number of rotatable bonds is 5. The van der Waals surface area contributed by atoms with Gasteiger partial charge in [0.25, 0.3) is 0 Å². The van der Waals surface area contributed by atoms with E-state index >= 15 is 0 Å². The topological polar surface area (TPSA) is 55.1 Å². The molecule has 3 nitrogen and oxygen atoms in total. The van der Waals surface area contributed by atoms with E-state index in [1.807, 2.05) is 6.92 Å². The Hall–Kier alpha value is -0.570. The molecule has 1 saturated carbocycles. The molecule has 0 spiro atoms. The largest absolute Gasteiger partial charge is 0.356 e. The molecule has 0 aromatic rings. The molecule has 0 saturated heterocycles. The Kier molecular flexibility index (Phi) is 6.31. The van der Waals surface area contributed by atoms with Crippen LogP contribution in [0.1, 0.15) is 66.2 Å². The summed E-state index contributed by atoms with van der Waals surface area (Å²) in [6, 6.07) is 0.118. The van der Waals surface area contributed by atoms with E-state index in [1.54, 1.807) is 0 Å². The zero-order valence-electron chi connectivity index (χ0n) is 13.2. The van der Waals surface area contributed by atoms with Crippen LogP contribution in [-0.2, 0) is 4.79 Å². The normalized spacial score (nSPS) is 25.9. The molecule has 0 aromatic carbocycles. The summed E-state index contributed by atoms with van der Waals surface area (Å²) in [6.45, 7) is 9.82. The lowest BCUT2D eigenvalue weighted by Gasteiger charge is -2.37. The second-order valence-corrected chi connectivity index (χ2v) is 7.40. The van der Waals surface area contributed by atoms with Crippen molar-refractivity contribution in [1.82, 2.24) is 5.32 Å². The van der Waals surface area contributed by atoms with Crippen molar-refractivity contribution in [1.29, 1.82) is 0 Å². The highest BCUT2D eigenvalue weighted by molar-refractivity contribution is 5.75. The molecule has 3 heteroatoms. The fraction of sp³-hybridized carbons (Fsp3) is 0.938. The predicted molar refractivity (Wildman–Crippen MR) is 80.8 cm³/mol. The van der Waals surface area contributed by atoms with Crippen molar-refractivity contribution >= 4 is 5.91 Å². The van der Waals surface area contributed by atoms with Gasteiger partial charge >= 0.3 is 0 Å². The maximum absolute atomic E-state index is 11.6. The van der Waals surface area contributed by atoms with E-state index in [-0.39, 0.29) is 11.9 Å². The van der Waals surface area contributed by atoms with Crippen LogP contribution in [0, 0.1) is 17.3 Å². The first-order chi connectivity index (χ1) is 8.79. The van der Waals surface area contributed by atoms with Crippen molar-refractivity contribution < 1.29 is 4.79 Å². The molecule has 1 amide bonds. The molecule has 1 unspecified atom stereocenters. The van der Waals surface area contributed by atoms with Crippen molar-refractivity contribution in [2.75, 3.05) is 6.54 Å². The minimum atomic E-state index is 0.118. The molecule has 1 rings (SSSR count). The minimum Gasteiger partial charge on any atom is -0.356 e. The Bertz CT molecular complexity index is 273. The first kappa shape index (κ1) is 16.5. The van der Waals surface area contributed by atoms with Gasteiger partial charge in [0.2, 0.25) is 5.91 Å². The van der Waals surface area contributed by atoms with Crippen molar-refractivity contribution in [3.63, 3.8) is 0 Å². The highest BCUT2D eigenvalue weighted by Crippen LogP contribution is 2.39. The number of nitrogens with one attached hydrogen (secondary N) is 1. The van der Waals surface area contributed by atoms with Crippen molar-refractivity contribution in [3.8, 4) is 0 Å². The number of hydrogen-bond acceptors (Lipinski definition) is 2. The van der Waals surface area contributed by atoms with Gasteiger partial charge in [-0.25, -0.2) is 0 Å². The molecule has 112 valence electrons. The van der Waals surface area contributed by atoms with Gasteiger partial charge in [-0.05, 0) is 56.3 Å². The maximum atomic E-state index is 11.6. The molecule has 0 aliphatic heterocycles. The Balaban J connectivity index is 2.18. The second kappa shape index (κ2) is 7.28. The molecule has 1 fully saturated rings. The summed E-state index contributed by atoms with van der Waals surface area (Å²) in [5.74, 6) is 1.69. The molecule has 3 N–H and O–H groups in total. The molecule has 0 heterocycles. The maximum Gasteiger partial charge on any atom is 0.220 e. The van der Waals surface area contributed by atoms with Crippen LogP contribution >= 0.6 is 0 Å². The lowest BCUT2D eigenvalue weighted by molar-refractivity contribution is -0.121. The van der Waals surface area contributed by atoms with Crippen LogP contribution in [-0.4, -0.2) is 18.5 Å². The SMILES string of the molecule is CC(N)CCC(=O)NCC1CCC(C(C)(C)C)CC1.